The Kier molecular flexibility index (Phi) is 5.63. The highest BCUT2D eigenvalue weighted by molar-refractivity contribution is 8.00. The van der Waals surface area contributed by atoms with Crippen molar-refractivity contribution >= 4 is 33.4 Å². The number of hydrogen-bond acceptors (Lipinski definition) is 6. The van der Waals surface area contributed by atoms with Gasteiger partial charge in [0.2, 0.25) is 21.8 Å². The molecule has 1 aromatic heterocycles. The summed E-state index contributed by atoms with van der Waals surface area (Å²) < 4.78 is 61.5. The zero-order chi connectivity index (χ0) is 19.7. The number of hydrogen-bond donors (Lipinski definition) is 2. The average Bonchev–Trinajstić information content (AvgIpc) is 2.87. The summed E-state index contributed by atoms with van der Waals surface area (Å²) in [7, 11) is -2.79. The first-order chi connectivity index (χ1) is 11.9. The molecule has 0 radical (unpaired) electrons. The number of halogens is 3. The van der Waals surface area contributed by atoms with Gasteiger partial charge in [0.15, 0.2) is 5.16 Å². The molecule has 0 aliphatic heterocycles. The predicted molar refractivity (Wildman–Crippen MR) is 87.8 cm³/mol. The Balaban J connectivity index is 2.11. The molecule has 0 unspecified atom stereocenters. The second kappa shape index (κ2) is 7.25. The molecule has 1 heterocycles. The Hall–Kier alpha value is -2.12. The maximum Gasteiger partial charge on any atom is 0.451 e. The molecular formula is C13H14F3N5O3S2. The van der Waals surface area contributed by atoms with Crippen LogP contribution in [0, 0.1) is 0 Å². The number of carbonyl (C=O) groups excluding carboxylic acids is 1. The number of carbonyl (C=O) groups is 1. The fraction of sp³-hybridized carbons (Fsp3) is 0.308. The van der Waals surface area contributed by atoms with Gasteiger partial charge >= 0.3 is 6.18 Å². The number of alkyl halides is 3. The van der Waals surface area contributed by atoms with E-state index in [1.807, 2.05) is 0 Å². The standard InChI is InChI=1S/C13H14F3N5O3S2/c1-7(25-12-20-19-11(21(12)2)13(14,15)16)10(22)18-8-4-3-5-9(6-8)26(17,23)24/h3-7H,1-2H3,(H,18,22)(H2,17,23,24)/t7-/m0/s1. The van der Waals surface area contributed by atoms with E-state index in [4.69, 9.17) is 5.14 Å². The molecule has 142 valence electrons. The third kappa shape index (κ3) is 4.74. The van der Waals surface area contributed by atoms with Gasteiger partial charge in [-0.05, 0) is 25.1 Å². The second-order valence-electron chi connectivity index (χ2n) is 5.19. The van der Waals surface area contributed by atoms with Crippen molar-refractivity contribution in [3.05, 3.63) is 30.1 Å². The SMILES string of the molecule is C[C@H](Sc1nnc(C(F)(F)F)n1C)C(=O)Nc1cccc(S(N)(=O)=O)c1. The molecule has 1 aromatic carbocycles. The summed E-state index contributed by atoms with van der Waals surface area (Å²) in [5.74, 6) is -1.73. The highest BCUT2D eigenvalue weighted by Crippen LogP contribution is 2.31. The number of aromatic nitrogens is 3. The van der Waals surface area contributed by atoms with Crippen LogP contribution in [-0.4, -0.2) is 34.3 Å². The molecule has 3 N–H and O–H groups in total. The van der Waals surface area contributed by atoms with Crippen LogP contribution in [0.2, 0.25) is 0 Å². The van der Waals surface area contributed by atoms with Gasteiger partial charge in [0, 0.05) is 12.7 Å². The van der Waals surface area contributed by atoms with Crippen molar-refractivity contribution in [1.82, 2.24) is 14.8 Å². The molecular weight excluding hydrogens is 395 g/mol. The van der Waals surface area contributed by atoms with E-state index in [1.54, 1.807) is 0 Å². The number of benzene rings is 1. The van der Waals surface area contributed by atoms with Gasteiger partial charge in [0.1, 0.15) is 0 Å². The van der Waals surface area contributed by atoms with Crippen molar-refractivity contribution in [3.8, 4) is 0 Å². The van der Waals surface area contributed by atoms with Crippen LogP contribution in [0.5, 0.6) is 0 Å². The number of thioether (sulfide) groups is 1. The first-order valence-corrected chi connectivity index (χ1v) is 9.39. The zero-order valence-corrected chi connectivity index (χ0v) is 15.1. The van der Waals surface area contributed by atoms with E-state index in [0.29, 0.717) is 0 Å². The molecule has 0 saturated heterocycles. The van der Waals surface area contributed by atoms with Crippen molar-refractivity contribution in [3.63, 3.8) is 0 Å². The topological polar surface area (TPSA) is 120 Å². The average molecular weight is 409 g/mol. The third-order valence-corrected chi connectivity index (χ3v) is 5.21. The van der Waals surface area contributed by atoms with Crippen molar-refractivity contribution in [1.29, 1.82) is 0 Å². The molecule has 0 saturated carbocycles. The van der Waals surface area contributed by atoms with Gasteiger partial charge in [-0.15, -0.1) is 10.2 Å². The van der Waals surface area contributed by atoms with Gasteiger partial charge in [-0.3, -0.25) is 4.79 Å². The summed E-state index contributed by atoms with van der Waals surface area (Å²) in [6, 6.07) is 5.29. The molecule has 0 fully saturated rings. The minimum Gasteiger partial charge on any atom is -0.325 e. The van der Waals surface area contributed by atoms with E-state index in [0.717, 1.165) is 23.4 Å². The first kappa shape index (κ1) is 20.2. The fourth-order valence-electron chi connectivity index (χ4n) is 1.87. The van der Waals surface area contributed by atoms with E-state index in [2.05, 4.69) is 15.5 Å². The highest BCUT2D eigenvalue weighted by Gasteiger charge is 2.37. The van der Waals surface area contributed by atoms with Gasteiger partial charge < -0.3 is 9.88 Å². The van der Waals surface area contributed by atoms with E-state index in [-0.39, 0.29) is 15.7 Å². The molecule has 1 atom stereocenters. The van der Waals surface area contributed by atoms with Crippen molar-refractivity contribution in [2.24, 2.45) is 12.2 Å². The Morgan fingerprint density at radius 3 is 2.54 bits per heavy atom. The summed E-state index contributed by atoms with van der Waals surface area (Å²) in [6.07, 6.45) is -4.65. The van der Waals surface area contributed by atoms with E-state index >= 15 is 0 Å². The maximum atomic E-state index is 12.7. The second-order valence-corrected chi connectivity index (χ2v) is 8.05. The molecule has 0 aliphatic rings. The van der Waals surface area contributed by atoms with Crippen molar-refractivity contribution in [2.75, 3.05) is 5.32 Å². The van der Waals surface area contributed by atoms with Crippen LogP contribution in [0.15, 0.2) is 34.3 Å². The van der Waals surface area contributed by atoms with Gasteiger partial charge in [-0.25, -0.2) is 13.6 Å². The molecule has 1 amide bonds. The minimum absolute atomic E-state index is 0.0849. The highest BCUT2D eigenvalue weighted by atomic mass is 32.2. The van der Waals surface area contributed by atoms with Crippen LogP contribution in [0.25, 0.3) is 0 Å². The van der Waals surface area contributed by atoms with Gasteiger partial charge in [-0.2, -0.15) is 13.2 Å². The number of sulfonamides is 1. The fourth-order valence-corrected chi connectivity index (χ4v) is 3.24. The lowest BCUT2D eigenvalue weighted by Crippen LogP contribution is -2.23. The monoisotopic (exact) mass is 409 g/mol. The van der Waals surface area contributed by atoms with Crippen LogP contribution in [-0.2, 0) is 28.0 Å². The molecule has 8 nitrogen and oxygen atoms in total. The molecule has 0 aliphatic carbocycles. The quantitative estimate of drug-likeness (QED) is 0.724. The summed E-state index contributed by atoms with van der Waals surface area (Å²) in [5, 5.41) is 13.1. The number of nitrogens with zero attached hydrogens (tertiary/aromatic N) is 3. The Morgan fingerprint density at radius 1 is 1.35 bits per heavy atom. The third-order valence-electron chi connectivity index (χ3n) is 3.17. The molecule has 26 heavy (non-hydrogen) atoms. The van der Waals surface area contributed by atoms with Crippen LogP contribution >= 0.6 is 11.8 Å². The summed E-state index contributed by atoms with van der Waals surface area (Å²) in [6.45, 7) is 1.46. The predicted octanol–water partition coefficient (Wildman–Crippen LogP) is 1.60. The van der Waals surface area contributed by atoms with E-state index in [1.165, 1.54) is 31.2 Å². The van der Waals surface area contributed by atoms with Crippen molar-refractivity contribution < 1.29 is 26.4 Å². The summed E-state index contributed by atoms with van der Waals surface area (Å²) >= 11 is 0.779. The number of nitrogens with two attached hydrogens (primary N) is 1. The number of amides is 1. The Bertz CT molecular complexity index is 927. The summed E-state index contributed by atoms with van der Waals surface area (Å²) in [4.78, 5) is 12.0. The Labute approximate surface area is 151 Å². The van der Waals surface area contributed by atoms with Crippen LogP contribution in [0.3, 0.4) is 0 Å². The van der Waals surface area contributed by atoms with Crippen LogP contribution in [0.4, 0.5) is 18.9 Å². The number of anilines is 1. The first-order valence-electron chi connectivity index (χ1n) is 6.96. The number of nitrogens with one attached hydrogen (secondary N) is 1. The smallest absolute Gasteiger partial charge is 0.325 e. The minimum atomic E-state index is -4.65. The van der Waals surface area contributed by atoms with E-state index in [9.17, 15) is 26.4 Å². The molecule has 0 spiro atoms. The molecule has 2 aromatic rings. The lowest BCUT2D eigenvalue weighted by Gasteiger charge is -2.12. The van der Waals surface area contributed by atoms with E-state index < -0.39 is 33.2 Å². The molecule has 2 rings (SSSR count). The Morgan fingerprint density at radius 2 is 2.00 bits per heavy atom. The van der Waals surface area contributed by atoms with Gasteiger partial charge in [0.05, 0.1) is 10.1 Å². The number of primary sulfonamides is 1. The largest absolute Gasteiger partial charge is 0.451 e. The normalized spacial score (nSPS) is 13.5. The number of rotatable bonds is 5. The molecule has 13 heteroatoms. The lowest BCUT2D eigenvalue weighted by molar-refractivity contribution is -0.147. The lowest BCUT2D eigenvalue weighted by atomic mass is 10.3. The van der Waals surface area contributed by atoms with Gasteiger partial charge in [-0.1, -0.05) is 17.8 Å². The van der Waals surface area contributed by atoms with Crippen LogP contribution < -0.4 is 10.5 Å². The molecule has 0 bridgehead atoms. The zero-order valence-electron chi connectivity index (χ0n) is 13.5. The maximum absolute atomic E-state index is 12.7. The summed E-state index contributed by atoms with van der Waals surface area (Å²) in [5.41, 5.74) is 0.183. The van der Waals surface area contributed by atoms with Gasteiger partial charge in [0.25, 0.3) is 0 Å². The van der Waals surface area contributed by atoms with Crippen LogP contribution in [0.1, 0.15) is 12.7 Å². The van der Waals surface area contributed by atoms with Crippen molar-refractivity contribution in [2.45, 2.75) is 28.4 Å².